The SMILES string of the molecule is Cc1cc(-c2cc(Br)ccc2S(N)(=O)=O)on1. The second-order valence-electron chi connectivity index (χ2n) is 3.52. The van der Waals surface area contributed by atoms with E-state index in [2.05, 4.69) is 21.1 Å². The molecule has 7 heteroatoms. The summed E-state index contributed by atoms with van der Waals surface area (Å²) < 4.78 is 28.7. The van der Waals surface area contributed by atoms with E-state index in [1.165, 1.54) is 6.07 Å². The summed E-state index contributed by atoms with van der Waals surface area (Å²) >= 11 is 3.27. The van der Waals surface area contributed by atoms with Gasteiger partial charge in [-0.2, -0.15) is 0 Å². The predicted molar refractivity (Wildman–Crippen MR) is 65.7 cm³/mol. The molecule has 0 atom stereocenters. The van der Waals surface area contributed by atoms with Crippen LogP contribution >= 0.6 is 15.9 Å². The minimum atomic E-state index is -3.80. The summed E-state index contributed by atoms with van der Waals surface area (Å²) in [6.07, 6.45) is 0. The average Bonchev–Trinajstić information content (AvgIpc) is 2.62. The number of benzene rings is 1. The van der Waals surface area contributed by atoms with Gasteiger partial charge in [-0.25, -0.2) is 13.6 Å². The molecule has 1 heterocycles. The molecule has 0 bridgehead atoms. The monoisotopic (exact) mass is 316 g/mol. The van der Waals surface area contributed by atoms with Crippen LogP contribution in [0, 0.1) is 6.92 Å². The molecule has 0 saturated carbocycles. The Hall–Kier alpha value is -1.18. The summed E-state index contributed by atoms with van der Waals surface area (Å²) in [5.74, 6) is 0.368. The van der Waals surface area contributed by atoms with Crippen molar-refractivity contribution in [1.82, 2.24) is 5.16 Å². The topological polar surface area (TPSA) is 86.2 Å². The van der Waals surface area contributed by atoms with Crippen LogP contribution in [0.4, 0.5) is 0 Å². The number of aryl methyl sites for hydroxylation is 1. The number of sulfonamides is 1. The van der Waals surface area contributed by atoms with Crippen LogP contribution in [0.5, 0.6) is 0 Å². The van der Waals surface area contributed by atoms with Crippen LogP contribution in [0.1, 0.15) is 5.69 Å². The van der Waals surface area contributed by atoms with Crippen LogP contribution in [-0.4, -0.2) is 13.6 Å². The fourth-order valence-corrected chi connectivity index (χ4v) is 2.52. The third kappa shape index (κ3) is 2.56. The number of primary sulfonamides is 1. The molecule has 0 saturated heterocycles. The van der Waals surface area contributed by atoms with Crippen LogP contribution in [0.15, 0.2) is 38.2 Å². The second kappa shape index (κ2) is 4.25. The lowest BCUT2D eigenvalue weighted by molar-refractivity contribution is 0.426. The third-order valence-electron chi connectivity index (χ3n) is 2.14. The standard InChI is InChI=1S/C10H9BrN2O3S/c1-6-4-9(16-13-6)8-5-7(11)2-3-10(8)17(12,14)15/h2-5H,1H3,(H2,12,14,15). The van der Waals surface area contributed by atoms with Crippen molar-refractivity contribution in [3.05, 3.63) is 34.4 Å². The summed E-state index contributed by atoms with van der Waals surface area (Å²) in [7, 11) is -3.80. The van der Waals surface area contributed by atoms with Crippen LogP contribution in [0.3, 0.4) is 0 Å². The van der Waals surface area contributed by atoms with Crippen LogP contribution in [-0.2, 0) is 10.0 Å². The number of hydrogen-bond donors (Lipinski definition) is 1. The highest BCUT2D eigenvalue weighted by Crippen LogP contribution is 2.30. The van der Waals surface area contributed by atoms with Crippen molar-refractivity contribution in [2.75, 3.05) is 0 Å². The highest BCUT2D eigenvalue weighted by atomic mass is 79.9. The first-order valence-electron chi connectivity index (χ1n) is 4.64. The molecule has 90 valence electrons. The van der Waals surface area contributed by atoms with E-state index in [9.17, 15) is 8.42 Å². The Morgan fingerprint density at radius 1 is 1.35 bits per heavy atom. The van der Waals surface area contributed by atoms with Gasteiger partial charge in [-0.1, -0.05) is 21.1 Å². The zero-order valence-electron chi connectivity index (χ0n) is 8.84. The van der Waals surface area contributed by atoms with E-state index in [-0.39, 0.29) is 4.90 Å². The molecular weight excluding hydrogens is 308 g/mol. The average molecular weight is 317 g/mol. The van der Waals surface area contributed by atoms with E-state index in [4.69, 9.17) is 9.66 Å². The van der Waals surface area contributed by atoms with Gasteiger partial charge in [0.25, 0.3) is 0 Å². The maximum absolute atomic E-state index is 11.4. The van der Waals surface area contributed by atoms with E-state index >= 15 is 0 Å². The number of aromatic nitrogens is 1. The van der Waals surface area contributed by atoms with Crippen LogP contribution in [0.25, 0.3) is 11.3 Å². The third-order valence-corrected chi connectivity index (χ3v) is 3.60. The molecule has 0 aliphatic heterocycles. The van der Waals surface area contributed by atoms with Gasteiger partial charge in [-0.05, 0) is 25.1 Å². The Bertz CT molecular complexity index is 664. The molecule has 0 unspecified atom stereocenters. The number of halogens is 1. The van der Waals surface area contributed by atoms with Gasteiger partial charge in [-0.3, -0.25) is 0 Å². The lowest BCUT2D eigenvalue weighted by Gasteiger charge is -2.04. The molecule has 0 aliphatic rings. The molecule has 0 fully saturated rings. The van der Waals surface area contributed by atoms with Gasteiger partial charge in [-0.15, -0.1) is 0 Å². The molecular formula is C10H9BrN2O3S. The second-order valence-corrected chi connectivity index (χ2v) is 5.96. The van der Waals surface area contributed by atoms with Crippen molar-refractivity contribution in [2.24, 2.45) is 5.14 Å². The molecule has 2 rings (SSSR count). The predicted octanol–water partition coefficient (Wildman–Crippen LogP) is 2.06. The molecule has 1 aromatic carbocycles. The summed E-state index contributed by atoms with van der Waals surface area (Å²) in [4.78, 5) is 0.0110. The van der Waals surface area contributed by atoms with Gasteiger partial charge in [0.05, 0.1) is 10.6 Å². The molecule has 0 radical (unpaired) electrons. The molecule has 5 nitrogen and oxygen atoms in total. The minimum absolute atomic E-state index is 0.0110. The van der Waals surface area contributed by atoms with E-state index in [0.29, 0.717) is 17.0 Å². The Morgan fingerprint density at radius 2 is 2.06 bits per heavy atom. The summed E-state index contributed by atoms with van der Waals surface area (Å²) in [5, 5.41) is 8.87. The van der Waals surface area contributed by atoms with Crippen molar-refractivity contribution in [1.29, 1.82) is 0 Å². The molecule has 0 aliphatic carbocycles. The fraction of sp³-hybridized carbons (Fsp3) is 0.100. The Kier molecular flexibility index (Phi) is 3.07. The van der Waals surface area contributed by atoms with Crippen molar-refractivity contribution in [2.45, 2.75) is 11.8 Å². The van der Waals surface area contributed by atoms with Gasteiger partial charge in [0.2, 0.25) is 10.0 Å². The number of rotatable bonds is 2. The lowest BCUT2D eigenvalue weighted by Crippen LogP contribution is -2.13. The lowest BCUT2D eigenvalue weighted by atomic mass is 10.1. The fourth-order valence-electron chi connectivity index (χ4n) is 1.43. The normalized spacial score (nSPS) is 11.7. The Morgan fingerprint density at radius 3 is 2.59 bits per heavy atom. The number of nitrogens with zero attached hydrogens (tertiary/aromatic N) is 1. The molecule has 2 aromatic rings. The number of nitrogens with two attached hydrogens (primary N) is 1. The highest BCUT2D eigenvalue weighted by molar-refractivity contribution is 9.10. The van der Waals surface area contributed by atoms with Gasteiger partial charge in [0, 0.05) is 16.1 Å². The summed E-state index contributed by atoms with van der Waals surface area (Å²) in [6, 6.07) is 6.30. The van der Waals surface area contributed by atoms with Crippen molar-refractivity contribution in [3.8, 4) is 11.3 Å². The molecule has 0 spiro atoms. The molecule has 2 N–H and O–H groups in total. The van der Waals surface area contributed by atoms with Gasteiger partial charge < -0.3 is 4.52 Å². The van der Waals surface area contributed by atoms with Crippen molar-refractivity contribution >= 4 is 26.0 Å². The van der Waals surface area contributed by atoms with Crippen molar-refractivity contribution in [3.63, 3.8) is 0 Å². The Balaban J connectivity index is 2.71. The minimum Gasteiger partial charge on any atom is -0.356 e. The first kappa shape index (κ1) is 12.3. The first-order valence-corrected chi connectivity index (χ1v) is 6.98. The molecule has 1 aromatic heterocycles. The maximum Gasteiger partial charge on any atom is 0.238 e. The van der Waals surface area contributed by atoms with E-state index in [0.717, 1.165) is 4.47 Å². The van der Waals surface area contributed by atoms with Crippen LogP contribution in [0.2, 0.25) is 0 Å². The maximum atomic E-state index is 11.4. The van der Waals surface area contributed by atoms with E-state index < -0.39 is 10.0 Å². The van der Waals surface area contributed by atoms with Crippen LogP contribution < -0.4 is 5.14 Å². The van der Waals surface area contributed by atoms with E-state index in [1.54, 1.807) is 25.1 Å². The molecule has 17 heavy (non-hydrogen) atoms. The highest BCUT2D eigenvalue weighted by Gasteiger charge is 2.18. The number of hydrogen-bond acceptors (Lipinski definition) is 4. The van der Waals surface area contributed by atoms with Gasteiger partial charge >= 0.3 is 0 Å². The molecule has 0 amide bonds. The zero-order valence-corrected chi connectivity index (χ0v) is 11.2. The smallest absolute Gasteiger partial charge is 0.238 e. The Labute approximate surface area is 107 Å². The summed E-state index contributed by atoms with van der Waals surface area (Å²) in [6.45, 7) is 1.75. The van der Waals surface area contributed by atoms with Gasteiger partial charge in [0.1, 0.15) is 0 Å². The van der Waals surface area contributed by atoms with Gasteiger partial charge in [0.15, 0.2) is 5.76 Å². The zero-order chi connectivity index (χ0) is 12.6. The largest absolute Gasteiger partial charge is 0.356 e. The summed E-state index contributed by atoms with van der Waals surface area (Å²) in [5.41, 5.74) is 1.06. The quantitative estimate of drug-likeness (QED) is 0.918. The van der Waals surface area contributed by atoms with E-state index in [1.807, 2.05) is 0 Å². The van der Waals surface area contributed by atoms with Crippen molar-refractivity contribution < 1.29 is 12.9 Å². The first-order chi connectivity index (χ1) is 7.88.